The Morgan fingerprint density at radius 2 is 2.05 bits per heavy atom. The number of anilines is 1. The highest BCUT2D eigenvalue weighted by atomic mass is 16.2. The molecular weight excluding hydrogens is 278 g/mol. The summed E-state index contributed by atoms with van der Waals surface area (Å²) in [6, 6.07) is 0. The van der Waals surface area contributed by atoms with Crippen LogP contribution in [0.25, 0.3) is 5.65 Å². The van der Waals surface area contributed by atoms with Gasteiger partial charge in [-0.05, 0) is 19.8 Å². The minimum Gasteiger partial charge on any atom is -0.369 e. The summed E-state index contributed by atoms with van der Waals surface area (Å²) in [7, 11) is 0. The summed E-state index contributed by atoms with van der Waals surface area (Å²) in [5.74, 6) is 1.20. The van der Waals surface area contributed by atoms with Crippen LogP contribution in [0.2, 0.25) is 0 Å². The van der Waals surface area contributed by atoms with Gasteiger partial charge in [0.05, 0.1) is 11.9 Å². The molecule has 0 spiro atoms. The van der Waals surface area contributed by atoms with Crippen LogP contribution < -0.4 is 5.32 Å². The molecule has 1 amide bonds. The standard InChI is InChI=1S/C16H23N5O/c1-13-16(21-11-8-17-12-14(21)19-13)18-7-6-15(22)20-9-4-2-3-5-10-20/h8,11-12,18H,2-7,9-10H2,1H3. The van der Waals surface area contributed by atoms with Crippen molar-refractivity contribution in [1.82, 2.24) is 19.3 Å². The van der Waals surface area contributed by atoms with Crippen LogP contribution in [-0.4, -0.2) is 44.8 Å². The van der Waals surface area contributed by atoms with Crippen LogP contribution in [0.15, 0.2) is 18.6 Å². The number of likely N-dealkylation sites (tertiary alicyclic amines) is 1. The monoisotopic (exact) mass is 301 g/mol. The van der Waals surface area contributed by atoms with Gasteiger partial charge in [0.2, 0.25) is 5.91 Å². The predicted molar refractivity (Wildman–Crippen MR) is 85.9 cm³/mol. The number of fused-ring (bicyclic) bond motifs is 1. The van der Waals surface area contributed by atoms with E-state index in [0.717, 1.165) is 43.1 Å². The van der Waals surface area contributed by atoms with Crippen LogP contribution in [0.4, 0.5) is 5.82 Å². The van der Waals surface area contributed by atoms with Crippen molar-refractivity contribution in [3.8, 4) is 0 Å². The molecule has 0 atom stereocenters. The van der Waals surface area contributed by atoms with Gasteiger partial charge in [-0.15, -0.1) is 0 Å². The van der Waals surface area contributed by atoms with E-state index in [1.54, 1.807) is 12.4 Å². The van der Waals surface area contributed by atoms with Crippen molar-refractivity contribution in [2.75, 3.05) is 25.0 Å². The van der Waals surface area contributed by atoms with E-state index in [1.165, 1.54) is 12.8 Å². The maximum absolute atomic E-state index is 12.3. The fourth-order valence-electron chi connectivity index (χ4n) is 3.00. The Labute approximate surface area is 130 Å². The second-order valence-corrected chi connectivity index (χ2v) is 5.82. The van der Waals surface area contributed by atoms with Crippen LogP contribution in [0.5, 0.6) is 0 Å². The lowest BCUT2D eigenvalue weighted by molar-refractivity contribution is -0.130. The molecule has 3 heterocycles. The van der Waals surface area contributed by atoms with Gasteiger partial charge in [-0.1, -0.05) is 12.8 Å². The normalized spacial score (nSPS) is 15.8. The van der Waals surface area contributed by atoms with Crippen molar-refractivity contribution in [1.29, 1.82) is 0 Å². The maximum Gasteiger partial charge on any atom is 0.224 e. The summed E-state index contributed by atoms with van der Waals surface area (Å²) in [4.78, 5) is 22.8. The summed E-state index contributed by atoms with van der Waals surface area (Å²) in [6.45, 7) is 4.43. The summed E-state index contributed by atoms with van der Waals surface area (Å²) >= 11 is 0. The summed E-state index contributed by atoms with van der Waals surface area (Å²) < 4.78 is 1.97. The van der Waals surface area contributed by atoms with Crippen molar-refractivity contribution in [2.24, 2.45) is 0 Å². The number of nitrogens with one attached hydrogen (secondary N) is 1. The molecule has 0 saturated carbocycles. The van der Waals surface area contributed by atoms with Gasteiger partial charge in [0.15, 0.2) is 5.65 Å². The lowest BCUT2D eigenvalue weighted by atomic mass is 10.2. The predicted octanol–water partition coefficient (Wildman–Crippen LogP) is 2.24. The van der Waals surface area contributed by atoms with Crippen LogP contribution in [0.1, 0.15) is 37.8 Å². The molecule has 1 aliphatic rings. The van der Waals surface area contributed by atoms with Crippen molar-refractivity contribution in [2.45, 2.75) is 39.0 Å². The number of carbonyl (C=O) groups excluding carboxylic acids is 1. The van der Waals surface area contributed by atoms with E-state index >= 15 is 0 Å². The fourth-order valence-corrected chi connectivity index (χ4v) is 3.00. The van der Waals surface area contributed by atoms with Gasteiger partial charge in [-0.25, -0.2) is 4.98 Å². The molecule has 0 bridgehead atoms. The molecule has 0 aliphatic carbocycles. The number of imidazole rings is 1. The molecule has 22 heavy (non-hydrogen) atoms. The van der Waals surface area contributed by atoms with Gasteiger partial charge < -0.3 is 10.2 Å². The molecule has 1 aliphatic heterocycles. The summed E-state index contributed by atoms with van der Waals surface area (Å²) in [5, 5.41) is 3.35. The molecule has 1 N–H and O–H groups in total. The lowest BCUT2D eigenvalue weighted by Gasteiger charge is -2.20. The Hall–Kier alpha value is -2.11. The third-order valence-electron chi connectivity index (χ3n) is 4.19. The first-order valence-electron chi connectivity index (χ1n) is 8.06. The first kappa shape index (κ1) is 14.8. The Morgan fingerprint density at radius 1 is 1.27 bits per heavy atom. The van der Waals surface area contributed by atoms with Gasteiger partial charge in [-0.2, -0.15) is 0 Å². The number of hydrogen-bond acceptors (Lipinski definition) is 4. The Morgan fingerprint density at radius 3 is 2.82 bits per heavy atom. The van der Waals surface area contributed by atoms with Crippen molar-refractivity contribution < 1.29 is 4.79 Å². The quantitative estimate of drug-likeness (QED) is 0.941. The Balaban J connectivity index is 1.57. The highest BCUT2D eigenvalue weighted by molar-refractivity contribution is 5.76. The first-order valence-corrected chi connectivity index (χ1v) is 8.06. The fraction of sp³-hybridized carbons (Fsp3) is 0.562. The molecular formula is C16H23N5O. The number of nitrogens with zero attached hydrogens (tertiary/aromatic N) is 4. The van der Waals surface area contributed by atoms with Gasteiger partial charge in [0, 0.05) is 38.4 Å². The van der Waals surface area contributed by atoms with Crippen LogP contribution in [0, 0.1) is 6.92 Å². The van der Waals surface area contributed by atoms with Gasteiger partial charge in [0.25, 0.3) is 0 Å². The maximum atomic E-state index is 12.3. The van der Waals surface area contributed by atoms with E-state index in [0.29, 0.717) is 13.0 Å². The molecule has 0 radical (unpaired) electrons. The Kier molecular flexibility index (Phi) is 4.56. The van der Waals surface area contributed by atoms with E-state index < -0.39 is 0 Å². The highest BCUT2D eigenvalue weighted by Gasteiger charge is 2.15. The zero-order chi connectivity index (χ0) is 15.4. The number of aromatic nitrogens is 3. The average molecular weight is 301 g/mol. The molecule has 2 aromatic rings. The van der Waals surface area contributed by atoms with E-state index in [-0.39, 0.29) is 5.91 Å². The molecule has 6 nitrogen and oxygen atoms in total. The van der Waals surface area contributed by atoms with Crippen LogP contribution in [0.3, 0.4) is 0 Å². The zero-order valence-corrected chi connectivity index (χ0v) is 13.1. The summed E-state index contributed by atoms with van der Waals surface area (Å²) in [6.07, 6.45) is 10.7. The summed E-state index contributed by atoms with van der Waals surface area (Å²) in [5.41, 5.74) is 1.75. The second-order valence-electron chi connectivity index (χ2n) is 5.82. The smallest absolute Gasteiger partial charge is 0.224 e. The SMILES string of the molecule is Cc1nc2cnccn2c1NCCC(=O)N1CCCCCC1. The number of aryl methyl sites for hydroxylation is 1. The van der Waals surface area contributed by atoms with Crippen LogP contribution >= 0.6 is 0 Å². The molecule has 6 heteroatoms. The molecule has 118 valence electrons. The van der Waals surface area contributed by atoms with E-state index in [2.05, 4.69) is 15.3 Å². The third kappa shape index (κ3) is 3.21. The van der Waals surface area contributed by atoms with Crippen molar-refractivity contribution in [3.63, 3.8) is 0 Å². The van der Waals surface area contributed by atoms with E-state index in [9.17, 15) is 4.79 Å². The molecule has 1 saturated heterocycles. The lowest BCUT2D eigenvalue weighted by Crippen LogP contribution is -2.33. The van der Waals surface area contributed by atoms with Gasteiger partial charge in [0.1, 0.15) is 5.82 Å². The highest BCUT2D eigenvalue weighted by Crippen LogP contribution is 2.16. The van der Waals surface area contributed by atoms with Crippen molar-refractivity contribution in [3.05, 3.63) is 24.3 Å². The average Bonchev–Trinajstić information content (AvgIpc) is 2.71. The number of amides is 1. The van der Waals surface area contributed by atoms with E-state index in [4.69, 9.17) is 0 Å². The van der Waals surface area contributed by atoms with Crippen molar-refractivity contribution >= 4 is 17.4 Å². The molecule has 0 unspecified atom stereocenters. The van der Waals surface area contributed by atoms with Crippen LogP contribution in [-0.2, 0) is 4.79 Å². The van der Waals surface area contributed by atoms with E-state index in [1.807, 2.05) is 22.4 Å². The second kappa shape index (κ2) is 6.77. The number of carbonyl (C=O) groups is 1. The Bertz CT molecular complexity index is 643. The molecule has 3 rings (SSSR count). The first-order chi connectivity index (χ1) is 10.8. The number of hydrogen-bond donors (Lipinski definition) is 1. The van der Waals surface area contributed by atoms with Gasteiger partial charge >= 0.3 is 0 Å². The minimum absolute atomic E-state index is 0.252. The zero-order valence-electron chi connectivity index (χ0n) is 13.1. The largest absolute Gasteiger partial charge is 0.369 e. The molecule has 2 aromatic heterocycles. The minimum atomic E-state index is 0.252. The topological polar surface area (TPSA) is 62.5 Å². The third-order valence-corrected chi connectivity index (χ3v) is 4.19. The molecule has 1 fully saturated rings. The molecule has 0 aromatic carbocycles. The number of rotatable bonds is 4. The van der Waals surface area contributed by atoms with Gasteiger partial charge in [-0.3, -0.25) is 14.2 Å².